The summed E-state index contributed by atoms with van der Waals surface area (Å²) < 4.78 is 15.1. The maximum atomic E-state index is 6.36. The lowest BCUT2D eigenvalue weighted by Crippen LogP contribution is -2.41. The zero-order valence-corrected chi connectivity index (χ0v) is 20.0. The first-order valence-corrected chi connectivity index (χ1v) is 11.6. The minimum Gasteiger partial charge on any atom is -0.399 e. The molecule has 3 heterocycles. The van der Waals surface area contributed by atoms with Crippen molar-refractivity contribution in [1.29, 1.82) is 0 Å². The maximum Gasteiger partial charge on any atom is 0.494 e. The predicted molar refractivity (Wildman–Crippen MR) is 136 cm³/mol. The topological polar surface area (TPSA) is 22.9 Å². The molecule has 0 N–H and O–H groups in total. The fourth-order valence-corrected chi connectivity index (χ4v) is 5.08. The van der Waals surface area contributed by atoms with Crippen molar-refractivity contribution in [3.05, 3.63) is 60.2 Å². The SMILES string of the molecule is CC(C)(C)c1cc2c3ccccc3n3c4ccc(B5OC(C)(C)C(C)(C)O5)cc4c(c1)c23. The number of nitrogens with zero attached hydrogens (tertiary/aromatic N) is 1. The predicted octanol–water partition coefficient (Wildman–Crippen LogP) is 6.43. The molecule has 6 rings (SSSR count). The van der Waals surface area contributed by atoms with Crippen LogP contribution in [0.1, 0.15) is 54.0 Å². The van der Waals surface area contributed by atoms with Crippen molar-refractivity contribution in [2.75, 3.05) is 0 Å². The van der Waals surface area contributed by atoms with Crippen molar-refractivity contribution in [3.63, 3.8) is 0 Å². The van der Waals surface area contributed by atoms with E-state index in [2.05, 4.69) is 107 Å². The first-order valence-electron chi connectivity index (χ1n) is 11.6. The Kier molecular flexibility index (Phi) is 3.80. The zero-order valence-electron chi connectivity index (χ0n) is 20.0. The summed E-state index contributed by atoms with van der Waals surface area (Å²) >= 11 is 0. The summed E-state index contributed by atoms with van der Waals surface area (Å²) in [5.74, 6) is 0. The van der Waals surface area contributed by atoms with Crippen LogP contribution in [-0.4, -0.2) is 22.7 Å². The highest BCUT2D eigenvalue weighted by Gasteiger charge is 2.51. The molecule has 1 aliphatic rings. The van der Waals surface area contributed by atoms with Gasteiger partial charge in [0.1, 0.15) is 0 Å². The highest BCUT2D eigenvalue weighted by Crippen LogP contribution is 2.42. The lowest BCUT2D eigenvalue weighted by molar-refractivity contribution is 0.00578. The van der Waals surface area contributed by atoms with Crippen LogP contribution in [0.15, 0.2) is 54.6 Å². The molecule has 0 radical (unpaired) electrons. The second-order valence-corrected chi connectivity index (χ2v) is 11.4. The van der Waals surface area contributed by atoms with Crippen molar-refractivity contribution in [2.45, 2.75) is 65.1 Å². The van der Waals surface area contributed by atoms with Gasteiger partial charge < -0.3 is 13.7 Å². The summed E-state index contributed by atoms with van der Waals surface area (Å²) in [7, 11) is -0.358. The van der Waals surface area contributed by atoms with Crippen molar-refractivity contribution in [3.8, 4) is 0 Å². The lowest BCUT2D eigenvalue weighted by atomic mass is 9.78. The Balaban J connectivity index is 1.67. The van der Waals surface area contributed by atoms with E-state index in [1.807, 2.05) is 0 Å². The van der Waals surface area contributed by atoms with Gasteiger partial charge in [0, 0.05) is 21.5 Å². The molecular weight excluding hydrogens is 393 g/mol. The van der Waals surface area contributed by atoms with E-state index >= 15 is 0 Å². The number of fused-ring (bicyclic) bond motifs is 6. The Morgan fingerprint density at radius 1 is 0.719 bits per heavy atom. The third-order valence-electron chi connectivity index (χ3n) is 7.71. The Morgan fingerprint density at radius 2 is 1.31 bits per heavy atom. The first-order chi connectivity index (χ1) is 15.0. The number of hydrogen-bond acceptors (Lipinski definition) is 2. The minimum atomic E-state index is -0.358. The molecule has 1 aliphatic heterocycles. The summed E-state index contributed by atoms with van der Waals surface area (Å²) in [5.41, 5.74) is 5.60. The van der Waals surface area contributed by atoms with E-state index in [0.717, 1.165) is 5.46 Å². The third-order valence-corrected chi connectivity index (χ3v) is 7.71. The van der Waals surface area contributed by atoms with Crippen LogP contribution in [0.4, 0.5) is 0 Å². The Morgan fingerprint density at radius 3 is 1.97 bits per heavy atom. The fraction of sp³-hybridized carbons (Fsp3) is 0.357. The fourth-order valence-electron chi connectivity index (χ4n) is 5.08. The molecule has 1 saturated heterocycles. The number of benzene rings is 3. The quantitative estimate of drug-likeness (QED) is 0.290. The Bertz CT molecular complexity index is 1500. The van der Waals surface area contributed by atoms with E-state index in [1.54, 1.807) is 0 Å². The Labute approximate surface area is 189 Å². The molecule has 0 bridgehead atoms. The van der Waals surface area contributed by atoms with Gasteiger partial charge in [0.15, 0.2) is 0 Å². The molecule has 0 amide bonds. The minimum absolute atomic E-state index is 0.0694. The number of para-hydroxylation sites is 1. The molecule has 0 atom stereocenters. The van der Waals surface area contributed by atoms with Crippen molar-refractivity contribution >= 4 is 50.7 Å². The van der Waals surface area contributed by atoms with Crippen molar-refractivity contribution in [2.24, 2.45) is 0 Å². The largest absolute Gasteiger partial charge is 0.494 e. The monoisotopic (exact) mass is 423 g/mol. The van der Waals surface area contributed by atoms with Crippen LogP contribution in [0.2, 0.25) is 0 Å². The molecule has 3 aromatic carbocycles. The number of aromatic nitrogens is 1. The van der Waals surface area contributed by atoms with Gasteiger partial charge in [0.25, 0.3) is 0 Å². The van der Waals surface area contributed by atoms with E-state index in [4.69, 9.17) is 9.31 Å². The Hall–Kier alpha value is -2.56. The van der Waals surface area contributed by atoms with Gasteiger partial charge in [-0.2, -0.15) is 0 Å². The molecule has 0 spiro atoms. The average molecular weight is 423 g/mol. The molecule has 162 valence electrons. The van der Waals surface area contributed by atoms with Crippen molar-refractivity contribution in [1.82, 2.24) is 4.40 Å². The maximum absolute atomic E-state index is 6.36. The van der Waals surface area contributed by atoms with E-state index < -0.39 is 0 Å². The van der Waals surface area contributed by atoms with Gasteiger partial charge in [-0.3, -0.25) is 0 Å². The standard InChI is InChI=1S/C28H30BNO2/c1-26(2,3)17-14-21-19-10-8-9-11-23(19)30-24-13-12-18(16-20(24)22(15-17)25(21)30)29-31-27(4,5)28(6,7)32-29/h8-16H,1-7H3. The third kappa shape index (κ3) is 2.57. The average Bonchev–Trinajstić information content (AvgIpc) is 3.30. The molecule has 3 nitrogen and oxygen atoms in total. The highest BCUT2D eigenvalue weighted by atomic mass is 16.7. The molecule has 2 aromatic heterocycles. The van der Waals surface area contributed by atoms with Gasteiger partial charge in [-0.25, -0.2) is 0 Å². The molecule has 1 fully saturated rings. The van der Waals surface area contributed by atoms with Crippen molar-refractivity contribution < 1.29 is 9.31 Å². The second-order valence-electron chi connectivity index (χ2n) is 11.4. The smallest absolute Gasteiger partial charge is 0.399 e. The van der Waals surface area contributed by atoms with Crippen LogP contribution in [0.25, 0.3) is 38.1 Å². The van der Waals surface area contributed by atoms with E-state index in [-0.39, 0.29) is 23.7 Å². The number of rotatable bonds is 1. The first kappa shape index (κ1) is 20.1. The highest BCUT2D eigenvalue weighted by molar-refractivity contribution is 6.62. The molecular formula is C28H30BNO2. The van der Waals surface area contributed by atoms with Gasteiger partial charge >= 0.3 is 7.12 Å². The molecule has 5 aromatic rings. The summed E-state index contributed by atoms with van der Waals surface area (Å²) in [6.07, 6.45) is 0. The summed E-state index contributed by atoms with van der Waals surface area (Å²) in [6, 6.07) is 20.2. The summed E-state index contributed by atoms with van der Waals surface area (Å²) in [4.78, 5) is 0. The normalized spacial score (nSPS) is 18.7. The van der Waals surface area contributed by atoms with Gasteiger partial charge in [-0.1, -0.05) is 51.1 Å². The van der Waals surface area contributed by atoms with Crippen LogP contribution in [-0.2, 0) is 14.7 Å². The van der Waals surface area contributed by atoms with Crippen LogP contribution >= 0.6 is 0 Å². The van der Waals surface area contributed by atoms with E-state index in [9.17, 15) is 0 Å². The van der Waals surface area contributed by atoms with Crippen LogP contribution in [0.5, 0.6) is 0 Å². The molecule has 0 saturated carbocycles. The van der Waals surface area contributed by atoms with Gasteiger partial charge in [-0.05, 0) is 68.4 Å². The zero-order chi connectivity index (χ0) is 22.6. The van der Waals surface area contributed by atoms with Gasteiger partial charge in [-0.15, -0.1) is 0 Å². The molecule has 0 unspecified atom stereocenters. The summed E-state index contributed by atoms with van der Waals surface area (Å²) in [5, 5.41) is 5.21. The molecule has 32 heavy (non-hydrogen) atoms. The molecule has 4 heteroatoms. The molecule has 0 aliphatic carbocycles. The number of hydrogen-bond donors (Lipinski definition) is 0. The van der Waals surface area contributed by atoms with E-state index in [1.165, 1.54) is 43.7 Å². The second kappa shape index (κ2) is 6.06. The summed E-state index contributed by atoms with van der Waals surface area (Å²) in [6.45, 7) is 15.3. The lowest BCUT2D eigenvalue weighted by Gasteiger charge is -2.32. The van der Waals surface area contributed by atoms with Gasteiger partial charge in [0.2, 0.25) is 0 Å². The van der Waals surface area contributed by atoms with Crippen LogP contribution < -0.4 is 5.46 Å². The van der Waals surface area contributed by atoms with E-state index in [0.29, 0.717) is 0 Å². The van der Waals surface area contributed by atoms with Crippen LogP contribution in [0, 0.1) is 0 Å². The van der Waals surface area contributed by atoms with Gasteiger partial charge in [0.05, 0.1) is 27.8 Å². The van der Waals surface area contributed by atoms with Crippen LogP contribution in [0.3, 0.4) is 0 Å².